The average Bonchev–Trinajstić information content (AvgIpc) is 3.50. The molecule has 0 heterocycles. The van der Waals surface area contributed by atoms with E-state index < -0.39 is 18.2 Å². The van der Waals surface area contributed by atoms with Crippen molar-refractivity contribution in [3.8, 4) is 11.5 Å². The molecule has 0 radical (unpaired) electrons. The van der Waals surface area contributed by atoms with Gasteiger partial charge in [0.25, 0.3) is 0 Å². The Balaban J connectivity index is 1.71. The van der Waals surface area contributed by atoms with E-state index in [9.17, 15) is 24.6 Å². The zero-order valence-corrected chi connectivity index (χ0v) is 24.6. The second kappa shape index (κ2) is 13.9. The maximum absolute atomic E-state index is 14.0. The van der Waals surface area contributed by atoms with Crippen molar-refractivity contribution in [1.29, 1.82) is 0 Å². The molecular formula is C29H39IN2O7. The van der Waals surface area contributed by atoms with E-state index in [-0.39, 0.29) is 43.3 Å². The fourth-order valence-electron chi connectivity index (χ4n) is 6.16. The zero-order chi connectivity index (χ0) is 27.9. The lowest BCUT2D eigenvalue weighted by Gasteiger charge is -2.46. The second-order valence-electron chi connectivity index (χ2n) is 10.7. The predicted molar refractivity (Wildman–Crippen MR) is 154 cm³/mol. The molecule has 0 aromatic heterocycles. The minimum absolute atomic E-state index is 0.00792. The highest BCUT2D eigenvalue weighted by atomic mass is 127. The van der Waals surface area contributed by atoms with Crippen LogP contribution in [0.2, 0.25) is 0 Å². The number of aliphatic hydroxyl groups is 2. The van der Waals surface area contributed by atoms with Gasteiger partial charge in [-0.1, -0.05) is 32.1 Å². The predicted octanol–water partition coefficient (Wildman–Crippen LogP) is 3.38. The van der Waals surface area contributed by atoms with Gasteiger partial charge in [0, 0.05) is 36.1 Å². The molecule has 4 rings (SSSR count). The Morgan fingerprint density at radius 1 is 1.13 bits per heavy atom. The molecule has 3 aliphatic rings. The van der Waals surface area contributed by atoms with E-state index in [4.69, 9.17) is 9.47 Å². The molecule has 10 heteroatoms. The van der Waals surface area contributed by atoms with Gasteiger partial charge in [0.2, 0.25) is 11.8 Å². The number of rotatable bonds is 10. The summed E-state index contributed by atoms with van der Waals surface area (Å²) >= 11 is 2.05. The Morgan fingerprint density at radius 3 is 2.46 bits per heavy atom. The number of hydrogen-bond acceptors (Lipinski definition) is 7. The van der Waals surface area contributed by atoms with Gasteiger partial charge in [-0.05, 0) is 66.5 Å². The van der Waals surface area contributed by atoms with Gasteiger partial charge in [0.15, 0.2) is 11.5 Å². The molecule has 3 N–H and O–H groups in total. The van der Waals surface area contributed by atoms with Crippen LogP contribution in [0.3, 0.4) is 0 Å². The van der Waals surface area contributed by atoms with Crippen LogP contribution in [0.25, 0.3) is 0 Å². The molecule has 2 amide bonds. The first-order valence-corrected chi connectivity index (χ1v) is 15.0. The Hall–Kier alpha value is -2.18. The summed E-state index contributed by atoms with van der Waals surface area (Å²) in [6, 6.07) is 2.60. The Morgan fingerprint density at radius 2 is 1.82 bits per heavy atom. The molecule has 214 valence electrons. The molecule has 0 spiro atoms. The molecular weight excluding hydrogens is 615 g/mol. The standard InChI is InChI=1S/C29H39IN2O7/c1-38-25-14-18(17-34)13-22(30)27(25)39-24-16-20(28(36)31-11-12-33)15-23(26(24)35)32(21-9-3-2-4-10-21)29(37)19-7-5-6-8-19/h13-14,16-17,19,21,23-24,26,33,35H,2-12,15H2,1H3,(H,31,36)/t23-,24+,26+/m1/s1. The van der Waals surface area contributed by atoms with Crippen LogP contribution in [0.1, 0.15) is 74.6 Å². The number of halogens is 1. The normalized spacial score (nSPS) is 24.1. The molecule has 2 saturated carbocycles. The lowest BCUT2D eigenvalue weighted by Crippen LogP contribution is -2.59. The van der Waals surface area contributed by atoms with Gasteiger partial charge in [-0.25, -0.2) is 0 Å². The van der Waals surface area contributed by atoms with Crippen molar-refractivity contribution in [1.82, 2.24) is 10.2 Å². The first kappa shape index (κ1) is 29.8. The monoisotopic (exact) mass is 654 g/mol. The van der Waals surface area contributed by atoms with E-state index in [2.05, 4.69) is 27.9 Å². The first-order valence-electron chi connectivity index (χ1n) is 14.0. The van der Waals surface area contributed by atoms with Crippen molar-refractivity contribution in [3.63, 3.8) is 0 Å². The number of aldehydes is 1. The smallest absolute Gasteiger partial charge is 0.247 e. The fraction of sp³-hybridized carbons (Fsp3) is 0.621. The van der Waals surface area contributed by atoms with Crippen molar-refractivity contribution >= 4 is 40.7 Å². The second-order valence-corrected chi connectivity index (χ2v) is 11.8. The number of nitrogens with zero attached hydrogens (tertiary/aromatic N) is 1. The van der Waals surface area contributed by atoms with Crippen molar-refractivity contribution in [2.45, 2.75) is 88.5 Å². The summed E-state index contributed by atoms with van der Waals surface area (Å²) < 4.78 is 12.4. The van der Waals surface area contributed by atoms with Gasteiger partial charge in [-0.3, -0.25) is 14.4 Å². The third-order valence-corrected chi connectivity index (χ3v) is 8.94. The molecule has 2 fully saturated rings. The minimum atomic E-state index is -1.09. The summed E-state index contributed by atoms with van der Waals surface area (Å²) in [5.74, 6) is 0.342. The molecule has 1 aromatic rings. The summed E-state index contributed by atoms with van der Waals surface area (Å²) in [5, 5.41) is 23.7. The molecule has 3 aliphatic carbocycles. The topological polar surface area (TPSA) is 125 Å². The Kier molecular flexibility index (Phi) is 10.6. The van der Waals surface area contributed by atoms with Crippen LogP contribution in [-0.2, 0) is 9.59 Å². The highest BCUT2D eigenvalue weighted by Gasteiger charge is 2.45. The van der Waals surface area contributed by atoms with Gasteiger partial charge in [0.1, 0.15) is 18.5 Å². The summed E-state index contributed by atoms with van der Waals surface area (Å²) in [6.45, 7) is -0.0982. The maximum Gasteiger partial charge on any atom is 0.247 e. The number of aliphatic hydroxyl groups excluding tert-OH is 2. The molecule has 0 saturated heterocycles. The van der Waals surface area contributed by atoms with E-state index >= 15 is 0 Å². The molecule has 0 aliphatic heterocycles. The summed E-state index contributed by atoms with van der Waals surface area (Å²) in [6.07, 6.45) is 9.20. The third kappa shape index (κ3) is 6.94. The first-order chi connectivity index (χ1) is 18.9. The van der Waals surface area contributed by atoms with Crippen molar-refractivity contribution in [2.75, 3.05) is 20.3 Å². The molecule has 1 aromatic carbocycles. The number of ether oxygens (including phenoxy) is 2. The molecule has 0 unspecified atom stereocenters. The third-order valence-electron chi connectivity index (χ3n) is 8.14. The van der Waals surface area contributed by atoms with Crippen LogP contribution in [0.5, 0.6) is 11.5 Å². The van der Waals surface area contributed by atoms with Crippen molar-refractivity contribution < 1.29 is 34.1 Å². The molecule has 9 nitrogen and oxygen atoms in total. The number of carbonyl (C=O) groups is 3. The summed E-state index contributed by atoms with van der Waals surface area (Å²) in [7, 11) is 1.47. The van der Waals surface area contributed by atoms with Gasteiger partial charge in [-0.15, -0.1) is 0 Å². The fourth-order valence-corrected chi connectivity index (χ4v) is 6.92. The van der Waals surface area contributed by atoms with Crippen molar-refractivity contribution in [3.05, 3.63) is 32.9 Å². The largest absolute Gasteiger partial charge is 0.493 e. The number of benzene rings is 1. The number of carbonyl (C=O) groups excluding carboxylic acids is 3. The molecule has 3 atom stereocenters. The van der Waals surface area contributed by atoms with Crippen LogP contribution in [0.15, 0.2) is 23.8 Å². The highest BCUT2D eigenvalue weighted by molar-refractivity contribution is 14.1. The van der Waals surface area contributed by atoms with E-state index in [1.54, 1.807) is 18.2 Å². The van der Waals surface area contributed by atoms with E-state index in [1.165, 1.54) is 7.11 Å². The Labute approximate surface area is 243 Å². The van der Waals surface area contributed by atoms with Gasteiger partial charge < -0.3 is 29.9 Å². The van der Waals surface area contributed by atoms with Gasteiger partial charge >= 0.3 is 0 Å². The molecule has 39 heavy (non-hydrogen) atoms. The van der Waals surface area contributed by atoms with E-state index in [0.29, 0.717) is 26.2 Å². The van der Waals surface area contributed by atoms with Gasteiger partial charge in [0.05, 0.1) is 23.3 Å². The quantitative estimate of drug-likeness (QED) is 0.261. The lowest BCUT2D eigenvalue weighted by molar-refractivity contribution is -0.147. The minimum Gasteiger partial charge on any atom is -0.493 e. The highest BCUT2D eigenvalue weighted by Crippen LogP contribution is 2.39. The van der Waals surface area contributed by atoms with Crippen LogP contribution in [0.4, 0.5) is 0 Å². The number of methoxy groups -OCH3 is 1. The lowest BCUT2D eigenvalue weighted by atomic mass is 9.84. The van der Waals surface area contributed by atoms with E-state index in [0.717, 1.165) is 64.1 Å². The van der Waals surface area contributed by atoms with Crippen LogP contribution >= 0.6 is 22.6 Å². The molecule has 0 bridgehead atoms. The maximum atomic E-state index is 14.0. The zero-order valence-electron chi connectivity index (χ0n) is 22.4. The number of amides is 2. The SMILES string of the molecule is COc1cc(C=O)cc(I)c1O[C@H]1C=C(C(=O)NCCO)C[C@@H](N(C(=O)C2CCCC2)C2CCCCC2)[C@@H]1O. The van der Waals surface area contributed by atoms with Crippen LogP contribution < -0.4 is 14.8 Å². The number of hydrogen-bond donors (Lipinski definition) is 3. The van der Waals surface area contributed by atoms with Gasteiger partial charge in [-0.2, -0.15) is 0 Å². The summed E-state index contributed by atoms with van der Waals surface area (Å²) in [4.78, 5) is 40.4. The summed E-state index contributed by atoms with van der Waals surface area (Å²) in [5.41, 5.74) is 0.832. The van der Waals surface area contributed by atoms with Crippen LogP contribution in [-0.4, -0.2) is 77.8 Å². The average molecular weight is 655 g/mol. The Bertz CT molecular complexity index is 1070. The van der Waals surface area contributed by atoms with E-state index in [1.807, 2.05) is 4.90 Å². The van der Waals surface area contributed by atoms with Crippen molar-refractivity contribution in [2.24, 2.45) is 5.92 Å². The number of nitrogens with one attached hydrogen (secondary N) is 1. The van der Waals surface area contributed by atoms with Crippen LogP contribution in [0, 0.1) is 9.49 Å².